The molecule has 3 nitrogen and oxygen atoms in total. The lowest BCUT2D eigenvalue weighted by Crippen LogP contribution is -2.33. The van der Waals surface area contributed by atoms with Crippen molar-refractivity contribution in [3.05, 3.63) is 60.2 Å². The van der Waals surface area contributed by atoms with Gasteiger partial charge >= 0.3 is 0 Å². The summed E-state index contributed by atoms with van der Waals surface area (Å²) in [6.07, 6.45) is 0.520. The minimum absolute atomic E-state index is 0.0322. The number of benzene rings is 2. The van der Waals surface area contributed by atoms with Crippen LogP contribution < -0.4 is 10.2 Å². The number of nitrogens with one attached hydrogen (secondary N) is 1. The predicted octanol–water partition coefficient (Wildman–Crippen LogP) is 3.60. The number of hydrogen-bond acceptors (Lipinski definition) is 2. The Hall–Kier alpha value is -2.29. The van der Waals surface area contributed by atoms with Crippen LogP contribution >= 0.6 is 0 Å². The highest BCUT2D eigenvalue weighted by Gasteiger charge is 2.26. The first-order chi connectivity index (χ1) is 9.77. The molecule has 1 heterocycles. The van der Waals surface area contributed by atoms with Gasteiger partial charge in [-0.1, -0.05) is 42.5 Å². The molecule has 1 atom stereocenters. The molecule has 3 heteroatoms. The molecule has 0 radical (unpaired) electrons. The summed E-state index contributed by atoms with van der Waals surface area (Å²) in [5, 5.41) is 3.33. The quantitative estimate of drug-likeness (QED) is 0.900. The first-order valence-electron chi connectivity index (χ1n) is 6.97. The van der Waals surface area contributed by atoms with Crippen molar-refractivity contribution in [3.63, 3.8) is 0 Å². The maximum Gasteiger partial charge on any atom is 0.229 e. The molecule has 0 saturated heterocycles. The number of rotatable bonds is 2. The first kappa shape index (κ1) is 12.7. The van der Waals surface area contributed by atoms with Crippen LogP contribution in [-0.4, -0.2) is 12.5 Å². The standard InChI is InChI=1S/C17H18N2O/c1-13(14-7-3-2-4-8-14)19-16-10-6-5-9-15(16)18-12-11-17(19)20/h2-10,13,18H,11-12H2,1H3. The monoisotopic (exact) mass is 266 g/mol. The molecule has 0 aliphatic carbocycles. The van der Waals surface area contributed by atoms with E-state index in [-0.39, 0.29) is 11.9 Å². The highest BCUT2D eigenvalue weighted by Crippen LogP contribution is 2.34. The van der Waals surface area contributed by atoms with Crippen molar-refractivity contribution in [3.8, 4) is 0 Å². The Kier molecular flexibility index (Phi) is 3.42. The van der Waals surface area contributed by atoms with Crippen LogP contribution in [0.5, 0.6) is 0 Å². The number of fused-ring (bicyclic) bond motifs is 1. The Bertz CT molecular complexity index is 609. The molecular weight excluding hydrogens is 248 g/mol. The molecule has 2 aromatic carbocycles. The van der Waals surface area contributed by atoms with Crippen molar-refractivity contribution >= 4 is 17.3 Å². The van der Waals surface area contributed by atoms with E-state index in [0.29, 0.717) is 13.0 Å². The predicted molar refractivity (Wildman–Crippen MR) is 81.9 cm³/mol. The Morgan fingerprint density at radius 1 is 1.05 bits per heavy atom. The molecule has 102 valence electrons. The van der Waals surface area contributed by atoms with Gasteiger partial charge in [0.15, 0.2) is 0 Å². The second-order valence-corrected chi connectivity index (χ2v) is 5.04. The Labute approximate surface area is 119 Å². The summed E-state index contributed by atoms with van der Waals surface area (Å²) in [5.41, 5.74) is 3.14. The molecule has 1 amide bonds. The lowest BCUT2D eigenvalue weighted by molar-refractivity contribution is -0.118. The fourth-order valence-corrected chi connectivity index (χ4v) is 2.70. The van der Waals surface area contributed by atoms with Gasteiger partial charge in [-0.2, -0.15) is 0 Å². The third-order valence-corrected chi connectivity index (χ3v) is 3.76. The molecule has 0 saturated carbocycles. The van der Waals surface area contributed by atoms with Crippen LogP contribution in [0.1, 0.15) is 24.9 Å². The van der Waals surface area contributed by atoms with E-state index in [2.05, 4.69) is 24.4 Å². The third kappa shape index (κ3) is 2.27. The average Bonchev–Trinajstić information content (AvgIpc) is 2.66. The van der Waals surface area contributed by atoms with E-state index in [1.807, 2.05) is 47.4 Å². The van der Waals surface area contributed by atoms with Crippen molar-refractivity contribution in [2.75, 3.05) is 16.8 Å². The molecule has 1 aliphatic heterocycles. The molecule has 3 rings (SSSR count). The van der Waals surface area contributed by atoms with Crippen molar-refractivity contribution in [1.82, 2.24) is 0 Å². The summed E-state index contributed by atoms with van der Waals surface area (Å²) in [7, 11) is 0. The summed E-state index contributed by atoms with van der Waals surface area (Å²) in [4.78, 5) is 14.4. The maximum absolute atomic E-state index is 12.5. The zero-order valence-corrected chi connectivity index (χ0v) is 11.5. The van der Waals surface area contributed by atoms with E-state index in [1.165, 1.54) is 0 Å². The van der Waals surface area contributed by atoms with Gasteiger partial charge in [-0.3, -0.25) is 4.79 Å². The van der Waals surface area contributed by atoms with Crippen molar-refractivity contribution < 1.29 is 4.79 Å². The number of para-hydroxylation sites is 2. The normalized spacial score (nSPS) is 16.1. The van der Waals surface area contributed by atoms with Gasteiger partial charge < -0.3 is 10.2 Å². The summed E-state index contributed by atoms with van der Waals surface area (Å²) in [5.74, 6) is 0.166. The molecule has 1 aliphatic rings. The van der Waals surface area contributed by atoms with Crippen LogP contribution in [0.2, 0.25) is 0 Å². The zero-order valence-electron chi connectivity index (χ0n) is 11.5. The van der Waals surface area contributed by atoms with Gasteiger partial charge in [0, 0.05) is 13.0 Å². The van der Waals surface area contributed by atoms with Gasteiger partial charge in [0.1, 0.15) is 0 Å². The minimum Gasteiger partial charge on any atom is -0.383 e. The number of anilines is 2. The molecule has 1 unspecified atom stereocenters. The van der Waals surface area contributed by atoms with E-state index in [9.17, 15) is 4.79 Å². The first-order valence-corrected chi connectivity index (χ1v) is 6.97. The summed E-state index contributed by atoms with van der Waals surface area (Å²) in [6.45, 7) is 2.77. The maximum atomic E-state index is 12.5. The molecule has 2 aromatic rings. The average molecular weight is 266 g/mol. The second-order valence-electron chi connectivity index (χ2n) is 5.04. The number of amides is 1. The lowest BCUT2D eigenvalue weighted by Gasteiger charge is -2.29. The van der Waals surface area contributed by atoms with Crippen molar-refractivity contribution in [2.45, 2.75) is 19.4 Å². The highest BCUT2D eigenvalue weighted by atomic mass is 16.2. The molecule has 1 N–H and O–H groups in total. The summed E-state index contributed by atoms with van der Waals surface area (Å²) in [6, 6.07) is 18.2. The van der Waals surface area contributed by atoms with Crippen LogP contribution in [0.25, 0.3) is 0 Å². The van der Waals surface area contributed by atoms with E-state index >= 15 is 0 Å². The largest absolute Gasteiger partial charge is 0.383 e. The Balaban J connectivity index is 2.04. The Morgan fingerprint density at radius 2 is 1.75 bits per heavy atom. The van der Waals surface area contributed by atoms with Gasteiger partial charge in [0.25, 0.3) is 0 Å². The molecular formula is C17H18N2O. The third-order valence-electron chi connectivity index (χ3n) is 3.76. The number of carbonyl (C=O) groups is 1. The van der Waals surface area contributed by atoms with Crippen LogP contribution in [0.3, 0.4) is 0 Å². The van der Waals surface area contributed by atoms with Gasteiger partial charge in [-0.05, 0) is 24.6 Å². The van der Waals surface area contributed by atoms with Crippen LogP contribution in [0.15, 0.2) is 54.6 Å². The van der Waals surface area contributed by atoms with Crippen LogP contribution in [-0.2, 0) is 4.79 Å². The van der Waals surface area contributed by atoms with E-state index in [1.54, 1.807) is 0 Å². The van der Waals surface area contributed by atoms with E-state index in [4.69, 9.17) is 0 Å². The molecule has 0 fully saturated rings. The minimum atomic E-state index is 0.0322. The SMILES string of the molecule is CC(c1ccccc1)N1C(=O)CCNc2ccccc21. The fraction of sp³-hybridized carbons (Fsp3) is 0.235. The van der Waals surface area contributed by atoms with Gasteiger partial charge in [0.2, 0.25) is 5.91 Å². The molecule has 20 heavy (non-hydrogen) atoms. The number of carbonyl (C=O) groups excluding carboxylic acids is 1. The van der Waals surface area contributed by atoms with Gasteiger partial charge in [-0.15, -0.1) is 0 Å². The van der Waals surface area contributed by atoms with E-state index in [0.717, 1.165) is 16.9 Å². The number of nitrogens with zero attached hydrogens (tertiary/aromatic N) is 1. The topological polar surface area (TPSA) is 32.3 Å². The molecule has 0 spiro atoms. The van der Waals surface area contributed by atoms with Gasteiger partial charge in [-0.25, -0.2) is 0 Å². The van der Waals surface area contributed by atoms with Crippen molar-refractivity contribution in [1.29, 1.82) is 0 Å². The highest BCUT2D eigenvalue weighted by molar-refractivity contribution is 5.98. The zero-order chi connectivity index (χ0) is 13.9. The Morgan fingerprint density at radius 3 is 2.55 bits per heavy atom. The van der Waals surface area contributed by atoms with Crippen molar-refractivity contribution in [2.24, 2.45) is 0 Å². The summed E-state index contributed by atoms with van der Waals surface area (Å²) < 4.78 is 0. The second kappa shape index (κ2) is 5.37. The van der Waals surface area contributed by atoms with Gasteiger partial charge in [0.05, 0.1) is 17.4 Å². The lowest BCUT2D eigenvalue weighted by atomic mass is 10.1. The van der Waals surface area contributed by atoms with E-state index < -0.39 is 0 Å². The fourth-order valence-electron chi connectivity index (χ4n) is 2.70. The molecule has 0 bridgehead atoms. The smallest absolute Gasteiger partial charge is 0.229 e. The van der Waals surface area contributed by atoms with Crippen LogP contribution in [0, 0.1) is 0 Å². The molecule has 0 aromatic heterocycles. The number of hydrogen-bond donors (Lipinski definition) is 1. The van der Waals surface area contributed by atoms with Crippen LogP contribution in [0.4, 0.5) is 11.4 Å². The summed E-state index contributed by atoms with van der Waals surface area (Å²) >= 11 is 0.